The number of carbonyl (C=O) groups is 2. The Morgan fingerprint density at radius 1 is 1.32 bits per heavy atom. The highest BCUT2D eigenvalue weighted by Gasteiger charge is 2.24. The molecule has 3 heterocycles. The molecule has 0 aromatic carbocycles. The van der Waals surface area contributed by atoms with Crippen molar-refractivity contribution in [3.8, 4) is 0 Å². The maximum Gasteiger partial charge on any atom is 0.271 e. The number of amides is 2. The molecule has 3 rings (SSSR count). The van der Waals surface area contributed by atoms with Crippen LogP contribution >= 0.6 is 11.3 Å². The van der Waals surface area contributed by atoms with Crippen LogP contribution in [0.4, 0.5) is 0 Å². The van der Waals surface area contributed by atoms with Crippen LogP contribution in [0.15, 0.2) is 17.5 Å². The molecule has 1 N–H and O–H groups in total. The molecule has 7 heteroatoms. The van der Waals surface area contributed by atoms with Gasteiger partial charge in [0.1, 0.15) is 5.69 Å². The van der Waals surface area contributed by atoms with Gasteiger partial charge in [-0.05, 0) is 56.2 Å². The van der Waals surface area contributed by atoms with Crippen LogP contribution < -0.4 is 5.32 Å². The molecule has 0 spiro atoms. The topological polar surface area (TPSA) is 67.2 Å². The molecule has 0 saturated carbocycles. The SMILES string of the molecule is CC(C)c1cc(C(=O)NCCC(=O)N2CCc3sccc3C2)nn1C(C)(C)C. The Hall–Kier alpha value is -2.15. The Morgan fingerprint density at radius 2 is 2.07 bits per heavy atom. The second-order valence-corrected chi connectivity index (χ2v) is 9.63. The van der Waals surface area contributed by atoms with Gasteiger partial charge in [0.05, 0.1) is 5.54 Å². The fourth-order valence-electron chi connectivity index (χ4n) is 3.45. The van der Waals surface area contributed by atoms with Gasteiger partial charge in [0, 0.05) is 36.6 Å². The van der Waals surface area contributed by atoms with E-state index in [1.807, 2.05) is 15.6 Å². The molecule has 0 atom stereocenters. The summed E-state index contributed by atoms with van der Waals surface area (Å²) >= 11 is 1.76. The van der Waals surface area contributed by atoms with Crippen LogP contribution in [0, 0.1) is 0 Å². The fourth-order valence-corrected chi connectivity index (χ4v) is 4.34. The summed E-state index contributed by atoms with van der Waals surface area (Å²) in [7, 11) is 0. The first-order valence-electron chi connectivity index (χ1n) is 9.88. The largest absolute Gasteiger partial charge is 0.350 e. The summed E-state index contributed by atoms with van der Waals surface area (Å²) in [6, 6.07) is 3.95. The first kappa shape index (κ1) is 20.6. The Bertz CT molecular complexity index is 860. The van der Waals surface area contributed by atoms with Crippen molar-refractivity contribution in [1.82, 2.24) is 20.0 Å². The number of thiophene rings is 1. The molecule has 0 unspecified atom stereocenters. The zero-order valence-electron chi connectivity index (χ0n) is 17.4. The van der Waals surface area contributed by atoms with Gasteiger partial charge in [-0.2, -0.15) is 5.10 Å². The number of carbonyl (C=O) groups excluding carboxylic acids is 2. The second-order valence-electron chi connectivity index (χ2n) is 8.63. The van der Waals surface area contributed by atoms with Crippen molar-refractivity contribution < 1.29 is 9.59 Å². The maximum atomic E-state index is 12.5. The first-order chi connectivity index (χ1) is 13.2. The van der Waals surface area contributed by atoms with Crippen LogP contribution in [-0.2, 0) is 23.3 Å². The molecule has 2 amide bonds. The quantitative estimate of drug-likeness (QED) is 0.832. The third kappa shape index (κ3) is 4.46. The molecule has 6 nitrogen and oxygen atoms in total. The van der Waals surface area contributed by atoms with E-state index in [-0.39, 0.29) is 23.3 Å². The van der Waals surface area contributed by atoms with Gasteiger partial charge in [-0.3, -0.25) is 14.3 Å². The third-order valence-electron chi connectivity index (χ3n) is 4.98. The van der Waals surface area contributed by atoms with Crippen molar-refractivity contribution in [2.75, 3.05) is 13.1 Å². The van der Waals surface area contributed by atoms with Crippen LogP contribution in [0.1, 0.15) is 73.6 Å². The summed E-state index contributed by atoms with van der Waals surface area (Å²) < 4.78 is 1.92. The molecule has 0 saturated heterocycles. The molecule has 152 valence electrons. The summed E-state index contributed by atoms with van der Waals surface area (Å²) in [4.78, 5) is 28.3. The van der Waals surface area contributed by atoms with Crippen molar-refractivity contribution in [2.45, 2.75) is 65.5 Å². The van der Waals surface area contributed by atoms with Crippen LogP contribution in [0.5, 0.6) is 0 Å². The Balaban J connectivity index is 1.55. The monoisotopic (exact) mass is 402 g/mol. The average Bonchev–Trinajstić information content (AvgIpc) is 3.27. The standard InChI is InChI=1S/C21H30N4O2S/c1-14(2)17-12-16(23-25(17)21(3,4)5)20(27)22-9-6-19(26)24-10-7-18-15(13-24)8-11-28-18/h8,11-12,14H,6-7,9-10,13H2,1-5H3,(H,22,27). The molecular formula is C21H30N4O2S. The van der Waals surface area contributed by atoms with E-state index in [4.69, 9.17) is 0 Å². The summed E-state index contributed by atoms with van der Waals surface area (Å²) in [6.07, 6.45) is 1.23. The van der Waals surface area contributed by atoms with E-state index < -0.39 is 0 Å². The van der Waals surface area contributed by atoms with Gasteiger partial charge in [-0.15, -0.1) is 11.3 Å². The average molecular weight is 403 g/mol. The summed E-state index contributed by atoms with van der Waals surface area (Å²) in [5, 5.41) is 9.46. The number of hydrogen-bond acceptors (Lipinski definition) is 4. The minimum atomic E-state index is -0.225. The predicted molar refractivity (Wildman–Crippen MR) is 112 cm³/mol. The van der Waals surface area contributed by atoms with Crippen LogP contribution in [0.2, 0.25) is 0 Å². The molecule has 1 aliphatic heterocycles. The highest BCUT2D eigenvalue weighted by atomic mass is 32.1. The van der Waals surface area contributed by atoms with Crippen molar-refractivity contribution in [3.05, 3.63) is 39.3 Å². The van der Waals surface area contributed by atoms with E-state index >= 15 is 0 Å². The zero-order valence-corrected chi connectivity index (χ0v) is 18.2. The summed E-state index contributed by atoms with van der Waals surface area (Å²) in [5.41, 5.74) is 2.51. The first-order valence-corrected chi connectivity index (χ1v) is 10.8. The highest BCUT2D eigenvalue weighted by molar-refractivity contribution is 7.10. The van der Waals surface area contributed by atoms with E-state index in [0.717, 1.165) is 18.7 Å². The Morgan fingerprint density at radius 3 is 2.71 bits per heavy atom. The molecule has 0 bridgehead atoms. The predicted octanol–water partition coefficient (Wildman–Crippen LogP) is 3.53. The lowest BCUT2D eigenvalue weighted by Gasteiger charge is -2.27. The molecule has 2 aromatic rings. The van der Waals surface area contributed by atoms with Crippen LogP contribution in [-0.4, -0.2) is 39.6 Å². The minimum Gasteiger partial charge on any atom is -0.350 e. The molecular weight excluding hydrogens is 372 g/mol. The molecule has 0 radical (unpaired) electrons. The van der Waals surface area contributed by atoms with Gasteiger partial charge in [0.15, 0.2) is 0 Å². The normalized spacial score (nSPS) is 14.3. The van der Waals surface area contributed by atoms with Crippen molar-refractivity contribution in [3.63, 3.8) is 0 Å². The molecule has 1 aliphatic rings. The highest BCUT2D eigenvalue weighted by Crippen LogP contribution is 2.25. The van der Waals surface area contributed by atoms with E-state index in [1.54, 1.807) is 11.3 Å². The lowest BCUT2D eigenvalue weighted by Crippen LogP contribution is -2.37. The lowest BCUT2D eigenvalue weighted by atomic mass is 10.1. The third-order valence-corrected chi connectivity index (χ3v) is 6.00. The van der Waals surface area contributed by atoms with Crippen LogP contribution in [0.3, 0.4) is 0 Å². The zero-order chi connectivity index (χ0) is 20.5. The maximum absolute atomic E-state index is 12.5. The smallest absolute Gasteiger partial charge is 0.271 e. The molecule has 0 aliphatic carbocycles. The van der Waals surface area contributed by atoms with Gasteiger partial charge in [0.2, 0.25) is 5.91 Å². The number of rotatable bonds is 5. The number of aromatic nitrogens is 2. The number of hydrogen-bond donors (Lipinski definition) is 1. The van der Waals surface area contributed by atoms with Gasteiger partial charge in [-0.1, -0.05) is 13.8 Å². The number of nitrogens with zero attached hydrogens (tertiary/aromatic N) is 3. The fraction of sp³-hybridized carbons (Fsp3) is 0.571. The molecule has 28 heavy (non-hydrogen) atoms. The molecule has 2 aromatic heterocycles. The van der Waals surface area contributed by atoms with Crippen molar-refractivity contribution in [2.24, 2.45) is 0 Å². The number of nitrogens with one attached hydrogen (secondary N) is 1. The van der Waals surface area contributed by atoms with E-state index in [2.05, 4.69) is 56.5 Å². The van der Waals surface area contributed by atoms with Crippen LogP contribution in [0.25, 0.3) is 0 Å². The molecule has 0 fully saturated rings. The Labute approximate surface area is 170 Å². The summed E-state index contributed by atoms with van der Waals surface area (Å²) in [6.45, 7) is 12.2. The van der Waals surface area contributed by atoms with Gasteiger partial charge in [0.25, 0.3) is 5.91 Å². The van der Waals surface area contributed by atoms with E-state index in [1.165, 1.54) is 10.4 Å². The number of fused-ring (bicyclic) bond motifs is 1. The van der Waals surface area contributed by atoms with Crippen molar-refractivity contribution >= 4 is 23.2 Å². The minimum absolute atomic E-state index is 0.0836. The van der Waals surface area contributed by atoms with Gasteiger partial charge < -0.3 is 10.2 Å². The summed E-state index contributed by atoms with van der Waals surface area (Å²) in [5.74, 6) is 0.132. The van der Waals surface area contributed by atoms with E-state index in [0.29, 0.717) is 25.2 Å². The van der Waals surface area contributed by atoms with Gasteiger partial charge >= 0.3 is 0 Å². The lowest BCUT2D eigenvalue weighted by molar-refractivity contribution is -0.131. The van der Waals surface area contributed by atoms with Crippen molar-refractivity contribution in [1.29, 1.82) is 0 Å². The van der Waals surface area contributed by atoms with E-state index in [9.17, 15) is 9.59 Å². The van der Waals surface area contributed by atoms with Gasteiger partial charge in [-0.25, -0.2) is 0 Å². The Kier molecular flexibility index (Phi) is 5.93. The second kappa shape index (κ2) is 8.07.